The zero-order valence-electron chi connectivity index (χ0n) is 15.1. The van der Waals surface area contributed by atoms with Crippen molar-refractivity contribution in [3.8, 4) is 17.2 Å². The normalized spacial score (nSPS) is 11.6. The van der Waals surface area contributed by atoms with Gasteiger partial charge in [0.25, 0.3) is 0 Å². The van der Waals surface area contributed by atoms with E-state index in [0.29, 0.717) is 28.4 Å². The number of Topliss-reactive ketones (excluding diaryl/α,β-unsaturated/α-hetero) is 1. The molecule has 0 heterocycles. The van der Waals surface area contributed by atoms with Gasteiger partial charge in [0, 0.05) is 25.3 Å². The molecular formula is C19H23NO5. The maximum atomic E-state index is 12.6. The molecule has 0 bridgehead atoms. The van der Waals surface area contributed by atoms with E-state index in [4.69, 9.17) is 14.2 Å². The average Bonchev–Trinajstić information content (AvgIpc) is 2.65. The van der Waals surface area contributed by atoms with Crippen molar-refractivity contribution in [1.82, 2.24) is 0 Å². The number of ketones is 1. The van der Waals surface area contributed by atoms with Gasteiger partial charge >= 0.3 is 0 Å². The third-order valence-corrected chi connectivity index (χ3v) is 3.92. The van der Waals surface area contributed by atoms with Crippen LogP contribution in [-0.4, -0.2) is 46.3 Å². The summed E-state index contributed by atoms with van der Waals surface area (Å²) in [4.78, 5) is 14.5. The van der Waals surface area contributed by atoms with Gasteiger partial charge < -0.3 is 24.2 Å². The Morgan fingerprint density at radius 3 is 1.88 bits per heavy atom. The van der Waals surface area contributed by atoms with E-state index in [1.807, 2.05) is 31.1 Å². The van der Waals surface area contributed by atoms with Gasteiger partial charge in [-0.25, -0.2) is 0 Å². The Balaban J connectivity index is 2.35. The number of hydrogen-bond donors (Lipinski definition) is 1. The zero-order valence-corrected chi connectivity index (χ0v) is 15.1. The molecule has 0 aliphatic carbocycles. The summed E-state index contributed by atoms with van der Waals surface area (Å²) in [6, 6.07) is 10.2. The number of rotatable bonds is 7. The van der Waals surface area contributed by atoms with E-state index in [1.54, 1.807) is 24.3 Å². The minimum absolute atomic E-state index is 0.371. The molecule has 2 rings (SSSR count). The average molecular weight is 345 g/mol. The van der Waals surface area contributed by atoms with Gasteiger partial charge in [-0.1, -0.05) is 0 Å². The van der Waals surface area contributed by atoms with Crippen LogP contribution in [0.1, 0.15) is 22.0 Å². The Kier molecular flexibility index (Phi) is 5.88. The van der Waals surface area contributed by atoms with Crippen molar-refractivity contribution in [2.75, 3.05) is 40.3 Å². The second-order valence-corrected chi connectivity index (χ2v) is 5.67. The summed E-state index contributed by atoms with van der Waals surface area (Å²) in [5.74, 6) is 0.765. The summed E-state index contributed by atoms with van der Waals surface area (Å²) in [6.45, 7) is 0. The molecule has 0 radical (unpaired) electrons. The molecule has 1 N–H and O–H groups in total. The van der Waals surface area contributed by atoms with E-state index in [-0.39, 0.29) is 0 Å². The van der Waals surface area contributed by atoms with Gasteiger partial charge in [0.2, 0.25) is 5.75 Å². The highest BCUT2D eigenvalue weighted by Gasteiger charge is 2.23. The molecule has 0 fully saturated rings. The lowest BCUT2D eigenvalue weighted by molar-refractivity contribution is 0.0746. The lowest BCUT2D eigenvalue weighted by Gasteiger charge is -2.17. The van der Waals surface area contributed by atoms with Crippen molar-refractivity contribution in [3.05, 3.63) is 47.5 Å². The molecule has 6 heteroatoms. The summed E-state index contributed by atoms with van der Waals surface area (Å²) >= 11 is 0. The minimum atomic E-state index is -1.33. The highest BCUT2D eigenvalue weighted by atomic mass is 16.5. The van der Waals surface area contributed by atoms with Crippen LogP contribution in [0.3, 0.4) is 0 Å². The maximum absolute atomic E-state index is 12.6. The number of hydrogen-bond acceptors (Lipinski definition) is 6. The van der Waals surface area contributed by atoms with Gasteiger partial charge in [-0.3, -0.25) is 4.79 Å². The molecule has 0 unspecified atom stereocenters. The van der Waals surface area contributed by atoms with Crippen LogP contribution in [0.4, 0.5) is 5.69 Å². The summed E-state index contributed by atoms with van der Waals surface area (Å²) in [5.41, 5.74) is 1.77. The second-order valence-electron chi connectivity index (χ2n) is 5.67. The molecule has 0 aromatic heterocycles. The summed E-state index contributed by atoms with van der Waals surface area (Å²) in [5, 5.41) is 10.5. The summed E-state index contributed by atoms with van der Waals surface area (Å²) in [6.07, 6.45) is -1.33. The molecule has 25 heavy (non-hydrogen) atoms. The van der Waals surface area contributed by atoms with Gasteiger partial charge in [0.1, 0.15) is 6.10 Å². The minimum Gasteiger partial charge on any atom is -0.493 e. The third kappa shape index (κ3) is 3.85. The van der Waals surface area contributed by atoms with Crippen molar-refractivity contribution < 1.29 is 24.1 Å². The van der Waals surface area contributed by atoms with Crippen molar-refractivity contribution >= 4 is 11.5 Å². The van der Waals surface area contributed by atoms with Crippen LogP contribution < -0.4 is 19.1 Å². The summed E-state index contributed by atoms with van der Waals surface area (Å²) < 4.78 is 15.8. The van der Waals surface area contributed by atoms with E-state index in [2.05, 4.69) is 0 Å². The lowest BCUT2D eigenvalue weighted by atomic mass is 9.99. The fraction of sp³-hybridized carbons (Fsp3) is 0.316. The van der Waals surface area contributed by atoms with E-state index < -0.39 is 11.9 Å². The van der Waals surface area contributed by atoms with Crippen LogP contribution in [0.5, 0.6) is 17.2 Å². The van der Waals surface area contributed by atoms with Gasteiger partial charge in [0.15, 0.2) is 17.3 Å². The van der Waals surface area contributed by atoms with E-state index >= 15 is 0 Å². The number of carbonyl (C=O) groups excluding carboxylic acids is 1. The number of nitrogens with zero attached hydrogens (tertiary/aromatic N) is 1. The third-order valence-electron chi connectivity index (χ3n) is 3.92. The van der Waals surface area contributed by atoms with Crippen LogP contribution in [0.25, 0.3) is 0 Å². The van der Waals surface area contributed by atoms with Crippen LogP contribution in [0.2, 0.25) is 0 Å². The van der Waals surface area contributed by atoms with Gasteiger partial charge in [-0.15, -0.1) is 0 Å². The first-order valence-corrected chi connectivity index (χ1v) is 7.72. The number of aliphatic hydroxyl groups is 1. The second kappa shape index (κ2) is 7.90. The van der Waals surface area contributed by atoms with E-state index in [0.717, 1.165) is 5.69 Å². The molecule has 0 spiro atoms. The van der Waals surface area contributed by atoms with E-state index in [1.165, 1.54) is 21.3 Å². The topological polar surface area (TPSA) is 68.2 Å². The number of ether oxygens (including phenoxy) is 3. The standard InChI is InChI=1S/C19H23NO5/c1-20(2)14-8-6-12(7-9-14)17(21)18(22)13-10-15(23-3)19(25-5)16(11-13)24-4/h6-11,18,22H,1-5H3/t18-/m1/s1. The highest BCUT2D eigenvalue weighted by molar-refractivity contribution is 6.00. The molecule has 134 valence electrons. The predicted molar refractivity (Wildman–Crippen MR) is 96.2 cm³/mol. The number of methoxy groups -OCH3 is 3. The molecule has 0 amide bonds. The van der Waals surface area contributed by atoms with Crippen LogP contribution in [-0.2, 0) is 0 Å². The highest BCUT2D eigenvalue weighted by Crippen LogP contribution is 2.40. The fourth-order valence-corrected chi connectivity index (χ4v) is 2.49. The molecule has 1 atom stereocenters. The number of benzene rings is 2. The van der Waals surface area contributed by atoms with Gasteiger partial charge in [-0.2, -0.15) is 0 Å². The Morgan fingerprint density at radius 1 is 0.960 bits per heavy atom. The van der Waals surface area contributed by atoms with Crippen molar-refractivity contribution in [1.29, 1.82) is 0 Å². The predicted octanol–water partition coefficient (Wildman–Crippen LogP) is 2.69. The molecule has 0 saturated heterocycles. The zero-order chi connectivity index (χ0) is 18.6. The molecular weight excluding hydrogens is 322 g/mol. The van der Waals surface area contributed by atoms with Crippen LogP contribution >= 0.6 is 0 Å². The van der Waals surface area contributed by atoms with E-state index in [9.17, 15) is 9.90 Å². The lowest BCUT2D eigenvalue weighted by Crippen LogP contribution is -2.14. The Morgan fingerprint density at radius 2 is 1.48 bits per heavy atom. The van der Waals surface area contributed by atoms with Crippen LogP contribution in [0.15, 0.2) is 36.4 Å². The number of carbonyl (C=O) groups is 1. The molecule has 0 saturated carbocycles. The summed E-state index contributed by atoms with van der Waals surface area (Å²) in [7, 11) is 8.29. The molecule has 2 aromatic carbocycles. The maximum Gasteiger partial charge on any atom is 0.203 e. The first-order valence-electron chi connectivity index (χ1n) is 7.72. The first kappa shape index (κ1) is 18.6. The Hall–Kier alpha value is -2.73. The quantitative estimate of drug-likeness (QED) is 0.778. The van der Waals surface area contributed by atoms with Gasteiger partial charge in [-0.05, 0) is 42.0 Å². The van der Waals surface area contributed by atoms with Crippen molar-refractivity contribution in [2.45, 2.75) is 6.10 Å². The number of aliphatic hydroxyl groups excluding tert-OH is 1. The van der Waals surface area contributed by atoms with Crippen molar-refractivity contribution in [3.63, 3.8) is 0 Å². The smallest absolute Gasteiger partial charge is 0.203 e. The molecule has 0 aliphatic heterocycles. The SMILES string of the molecule is COc1cc([C@@H](O)C(=O)c2ccc(N(C)C)cc2)cc(OC)c1OC. The molecule has 6 nitrogen and oxygen atoms in total. The molecule has 0 aliphatic rings. The Labute approximate surface area is 147 Å². The molecule has 2 aromatic rings. The first-order chi connectivity index (χ1) is 11.9. The Bertz CT molecular complexity index is 715. The monoisotopic (exact) mass is 345 g/mol. The fourth-order valence-electron chi connectivity index (χ4n) is 2.49. The largest absolute Gasteiger partial charge is 0.493 e. The van der Waals surface area contributed by atoms with Crippen molar-refractivity contribution in [2.24, 2.45) is 0 Å². The number of anilines is 1. The van der Waals surface area contributed by atoms with Gasteiger partial charge in [0.05, 0.1) is 21.3 Å². The van der Waals surface area contributed by atoms with Crippen LogP contribution in [0, 0.1) is 0 Å².